The van der Waals surface area contributed by atoms with Crippen LogP contribution in [0, 0.1) is 11.3 Å². The van der Waals surface area contributed by atoms with Gasteiger partial charge in [-0.25, -0.2) is 4.39 Å². The van der Waals surface area contributed by atoms with Gasteiger partial charge in [-0.2, -0.15) is 44.8 Å². The van der Waals surface area contributed by atoms with Crippen molar-refractivity contribution in [3.05, 3.63) is 86.9 Å². The van der Waals surface area contributed by atoms with E-state index in [9.17, 15) is 53.5 Å². The van der Waals surface area contributed by atoms with Gasteiger partial charge in [-0.15, -0.1) is 0 Å². The molecule has 3 N–H and O–H groups in total. The van der Waals surface area contributed by atoms with Gasteiger partial charge in [-0.05, 0) is 42.5 Å². The second kappa shape index (κ2) is 10.7. The zero-order valence-electron chi connectivity index (χ0n) is 19.7. The summed E-state index contributed by atoms with van der Waals surface area (Å²) in [6, 6.07) is 8.79. The first-order chi connectivity index (χ1) is 18.7. The molecule has 3 aromatic carbocycles. The molecule has 2 amide bonds. The van der Waals surface area contributed by atoms with E-state index < -0.39 is 80.1 Å². The lowest BCUT2D eigenvalue weighted by molar-refractivity contribution is -0.348. The Bertz CT molecular complexity index is 1560. The van der Waals surface area contributed by atoms with Crippen molar-refractivity contribution in [1.29, 1.82) is 5.26 Å². The number of carbonyl (C=O) groups is 2. The number of hydrogen-bond acceptors (Lipinski definition) is 3. The first kappa shape index (κ1) is 31.4. The molecule has 0 aliphatic heterocycles. The molecule has 0 aliphatic rings. The van der Waals surface area contributed by atoms with Gasteiger partial charge in [0.05, 0.1) is 17.2 Å². The van der Waals surface area contributed by atoms with Gasteiger partial charge in [0.25, 0.3) is 5.91 Å². The smallest absolute Gasteiger partial charge is 0.366 e. The van der Waals surface area contributed by atoms with Gasteiger partial charge in [0.2, 0.25) is 5.91 Å². The maximum Gasteiger partial charge on any atom is 0.435 e. The summed E-state index contributed by atoms with van der Waals surface area (Å²) in [6.45, 7) is 0. The molecule has 0 radical (unpaired) electrons. The zero-order chi connectivity index (χ0) is 31.1. The molecule has 0 spiro atoms. The second-order valence-electron chi connectivity index (χ2n) is 8.27. The number of halogens is 11. The molecule has 0 aromatic heterocycles. The Morgan fingerprint density at radius 2 is 1.41 bits per heavy atom. The van der Waals surface area contributed by atoms with Crippen LogP contribution in [0.1, 0.15) is 37.4 Å². The van der Waals surface area contributed by atoms with Gasteiger partial charge in [0.1, 0.15) is 0 Å². The summed E-state index contributed by atoms with van der Waals surface area (Å²) >= 11 is 2.50. The van der Waals surface area contributed by atoms with Crippen LogP contribution in [0.3, 0.4) is 0 Å². The van der Waals surface area contributed by atoms with Crippen molar-refractivity contribution in [2.45, 2.75) is 24.2 Å². The Morgan fingerprint density at radius 1 is 0.829 bits per heavy atom. The summed E-state index contributed by atoms with van der Waals surface area (Å²) in [4.78, 5) is 25.0. The van der Waals surface area contributed by atoms with Crippen molar-refractivity contribution in [2.75, 3.05) is 5.32 Å². The monoisotopic (exact) mass is 655 g/mol. The molecule has 0 heterocycles. The van der Waals surface area contributed by atoms with Gasteiger partial charge in [0, 0.05) is 38.0 Å². The minimum absolute atomic E-state index is 0.0190. The van der Waals surface area contributed by atoms with Crippen molar-refractivity contribution in [3.63, 3.8) is 0 Å². The van der Waals surface area contributed by atoms with E-state index in [0.29, 0.717) is 0 Å². The predicted octanol–water partition coefficient (Wildman–Crippen LogP) is 7.65. The fourth-order valence-electron chi connectivity index (χ4n) is 3.83. The fraction of sp³-hybridized carbons (Fsp3) is 0.160. The van der Waals surface area contributed by atoms with Gasteiger partial charge in [-0.3, -0.25) is 9.59 Å². The highest BCUT2D eigenvalue weighted by Crippen LogP contribution is 2.56. The molecule has 0 unspecified atom stereocenters. The summed E-state index contributed by atoms with van der Waals surface area (Å²) in [7, 11) is 0. The highest BCUT2D eigenvalue weighted by molar-refractivity contribution is 9.10. The average molecular weight is 656 g/mol. The molecule has 3 rings (SSSR count). The van der Waals surface area contributed by atoms with Gasteiger partial charge in [0.15, 0.2) is 0 Å². The standard InChI is InChI=1S/C25H12BrF10N3O2/c26-16-9-13(22(27,24(31,32)33)25(34,35)36)8-15(23(28,29)30)19(16)18-14(20(38)40)5-2-6-17(18)39-21(41)12-4-1-3-11(7-12)10-37/h1-9H,(H2,38,40)(H,39,41). The van der Waals surface area contributed by atoms with E-state index in [4.69, 9.17) is 11.0 Å². The third-order valence-electron chi connectivity index (χ3n) is 5.66. The van der Waals surface area contributed by atoms with Gasteiger partial charge in [-0.1, -0.05) is 28.1 Å². The molecule has 0 aliphatic carbocycles. The van der Waals surface area contributed by atoms with Crippen LogP contribution in [0.2, 0.25) is 0 Å². The lowest BCUT2D eigenvalue weighted by Gasteiger charge is -2.31. The predicted molar refractivity (Wildman–Crippen MR) is 127 cm³/mol. The largest absolute Gasteiger partial charge is 0.435 e. The van der Waals surface area contributed by atoms with Crippen LogP contribution in [0.25, 0.3) is 11.1 Å². The van der Waals surface area contributed by atoms with Crippen molar-refractivity contribution in [1.82, 2.24) is 0 Å². The number of benzene rings is 3. The third-order valence-corrected chi connectivity index (χ3v) is 6.28. The first-order valence-electron chi connectivity index (χ1n) is 10.7. The molecule has 216 valence electrons. The number of rotatable bonds is 5. The number of nitriles is 1. The topological polar surface area (TPSA) is 96.0 Å². The molecule has 3 aromatic rings. The van der Waals surface area contributed by atoms with Crippen molar-refractivity contribution < 1.29 is 53.5 Å². The summed E-state index contributed by atoms with van der Waals surface area (Å²) in [6.07, 6.45) is -19.2. The molecule has 16 heteroatoms. The Balaban J connectivity index is 2.39. The van der Waals surface area contributed by atoms with E-state index in [1.165, 1.54) is 18.2 Å². The zero-order valence-corrected chi connectivity index (χ0v) is 21.3. The third kappa shape index (κ3) is 5.85. The van der Waals surface area contributed by atoms with Crippen molar-refractivity contribution in [3.8, 4) is 17.2 Å². The quantitative estimate of drug-likeness (QED) is 0.277. The summed E-state index contributed by atoms with van der Waals surface area (Å²) < 4.78 is 136. The van der Waals surface area contributed by atoms with E-state index in [1.807, 2.05) is 0 Å². The highest BCUT2D eigenvalue weighted by Gasteiger charge is 2.73. The molecule has 0 atom stereocenters. The lowest BCUT2D eigenvalue weighted by atomic mass is 9.87. The molecule has 41 heavy (non-hydrogen) atoms. The van der Waals surface area contributed by atoms with E-state index in [2.05, 4.69) is 21.2 Å². The number of carbonyl (C=O) groups excluding carboxylic acids is 2. The van der Waals surface area contributed by atoms with Crippen molar-refractivity contribution in [2.24, 2.45) is 5.73 Å². The fourth-order valence-corrected chi connectivity index (χ4v) is 4.49. The van der Waals surface area contributed by atoms with Crippen molar-refractivity contribution >= 4 is 33.4 Å². The molecule has 0 fully saturated rings. The second-order valence-corrected chi connectivity index (χ2v) is 9.13. The summed E-state index contributed by atoms with van der Waals surface area (Å²) in [5.74, 6) is -2.42. The van der Waals surface area contributed by atoms with Crippen LogP contribution in [-0.4, -0.2) is 24.2 Å². The highest BCUT2D eigenvalue weighted by atomic mass is 79.9. The normalized spacial score (nSPS) is 12.5. The van der Waals surface area contributed by atoms with Crippen LogP contribution in [0.4, 0.5) is 49.6 Å². The van der Waals surface area contributed by atoms with E-state index in [1.54, 1.807) is 6.07 Å². The number of nitrogens with two attached hydrogens (primary N) is 1. The molecule has 5 nitrogen and oxygen atoms in total. The molecular weight excluding hydrogens is 644 g/mol. The minimum Gasteiger partial charge on any atom is -0.366 e. The van der Waals surface area contributed by atoms with E-state index >= 15 is 0 Å². The molecule has 0 bridgehead atoms. The Morgan fingerprint density at radius 3 is 1.93 bits per heavy atom. The Labute approximate surface area is 231 Å². The van der Waals surface area contributed by atoms with Gasteiger partial charge >= 0.3 is 24.2 Å². The Hall–Kier alpha value is -4.13. The van der Waals surface area contributed by atoms with E-state index in [0.717, 1.165) is 24.3 Å². The van der Waals surface area contributed by atoms with Crippen LogP contribution in [0.5, 0.6) is 0 Å². The number of anilines is 1. The number of amides is 2. The molecule has 0 saturated carbocycles. The minimum atomic E-state index is -6.72. The number of primary amides is 1. The Kier molecular flexibility index (Phi) is 8.19. The summed E-state index contributed by atoms with van der Waals surface area (Å²) in [5.41, 5.74) is -9.13. The van der Waals surface area contributed by atoms with Crippen LogP contribution in [-0.2, 0) is 11.8 Å². The van der Waals surface area contributed by atoms with Crippen LogP contribution in [0.15, 0.2) is 59.1 Å². The van der Waals surface area contributed by atoms with Crippen LogP contribution >= 0.6 is 15.9 Å². The number of hydrogen-bond donors (Lipinski definition) is 2. The number of nitrogens with one attached hydrogen (secondary N) is 1. The molecule has 0 saturated heterocycles. The van der Waals surface area contributed by atoms with Crippen LogP contribution < -0.4 is 11.1 Å². The van der Waals surface area contributed by atoms with Gasteiger partial charge < -0.3 is 11.1 Å². The lowest BCUT2D eigenvalue weighted by Crippen LogP contribution is -2.50. The number of alkyl halides is 10. The SMILES string of the molecule is N#Cc1cccc(C(=O)Nc2cccc(C(N)=O)c2-c2c(Br)cc(C(F)(C(F)(F)F)C(F)(F)F)cc2C(F)(F)F)c1. The maximum absolute atomic E-state index is 14.7. The molecular formula is C25H12BrF10N3O2. The number of nitrogens with zero attached hydrogens (tertiary/aromatic N) is 1. The maximum atomic E-state index is 14.7. The summed E-state index contributed by atoms with van der Waals surface area (Å²) in [5, 5.41) is 11.2. The first-order valence-corrected chi connectivity index (χ1v) is 11.5. The average Bonchev–Trinajstić information content (AvgIpc) is 2.85. The van der Waals surface area contributed by atoms with E-state index in [-0.39, 0.29) is 17.2 Å².